The number of nitrogens with one attached hydrogen (secondary N) is 2. The van der Waals surface area contributed by atoms with Gasteiger partial charge in [-0.2, -0.15) is 0 Å². The summed E-state index contributed by atoms with van der Waals surface area (Å²) in [6, 6.07) is 14.2. The van der Waals surface area contributed by atoms with E-state index in [0.717, 1.165) is 23.6 Å². The molecule has 7 heteroatoms. The number of nitro groups is 1. The Morgan fingerprint density at radius 3 is 2.29 bits per heavy atom. The minimum absolute atomic E-state index is 0.0872. The van der Waals surface area contributed by atoms with E-state index in [2.05, 4.69) is 15.6 Å². The first-order valence-corrected chi connectivity index (χ1v) is 7.88. The van der Waals surface area contributed by atoms with Crippen LogP contribution in [0.5, 0.6) is 0 Å². The molecular weight excluding hydrogens is 328 g/mol. The molecule has 0 saturated carbocycles. The average molecular weight is 347 g/mol. The molecule has 0 atom stereocenters. The number of aliphatic imine (C=N–C) groups is 1. The van der Waals surface area contributed by atoms with Gasteiger partial charge >= 0.3 is 0 Å². The molecule has 2 aromatic carbocycles. The lowest BCUT2D eigenvalue weighted by atomic mass is 10.1. The summed E-state index contributed by atoms with van der Waals surface area (Å²) >= 11 is 5.86. The molecular formula is C17H19ClN4O2. The molecule has 0 aliphatic rings. The van der Waals surface area contributed by atoms with E-state index in [0.29, 0.717) is 12.5 Å². The van der Waals surface area contributed by atoms with E-state index in [-0.39, 0.29) is 5.69 Å². The fraction of sp³-hybridized carbons (Fsp3) is 0.235. The SMILES string of the molecule is CN=C(NCCc1ccc(Cl)cc1)NCc1ccc([N+](=O)[O-])cc1. The topological polar surface area (TPSA) is 79.6 Å². The van der Waals surface area contributed by atoms with E-state index >= 15 is 0 Å². The zero-order chi connectivity index (χ0) is 17.4. The van der Waals surface area contributed by atoms with Crippen LogP contribution >= 0.6 is 11.6 Å². The van der Waals surface area contributed by atoms with Crippen molar-refractivity contribution in [2.24, 2.45) is 4.99 Å². The van der Waals surface area contributed by atoms with Crippen LogP contribution in [0.25, 0.3) is 0 Å². The zero-order valence-electron chi connectivity index (χ0n) is 13.3. The van der Waals surface area contributed by atoms with Gasteiger partial charge in [0, 0.05) is 37.3 Å². The van der Waals surface area contributed by atoms with E-state index in [1.807, 2.05) is 24.3 Å². The maximum absolute atomic E-state index is 10.6. The van der Waals surface area contributed by atoms with Crippen LogP contribution in [-0.2, 0) is 13.0 Å². The van der Waals surface area contributed by atoms with Gasteiger partial charge in [-0.05, 0) is 29.7 Å². The number of hydrogen-bond donors (Lipinski definition) is 2. The number of nitrogens with zero attached hydrogens (tertiary/aromatic N) is 2. The van der Waals surface area contributed by atoms with Crippen molar-refractivity contribution in [3.05, 3.63) is 74.8 Å². The van der Waals surface area contributed by atoms with Crippen molar-refractivity contribution >= 4 is 23.2 Å². The summed E-state index contributed by atoms with van der Waals surface area (Å²) in [5, 5.41) is 17.8. The standard InChI is InChI=1S/C17H19ClN4O2/c1-19-17(20-11-10-13-2-6-15(18)7-3-13)21-12-14-4-8-16(9-5-14)22(23)24/h2-9H,10-12H2,1H3,(H2,19,20,21). The third-order valence-electron chi connectivity index (χ3n) is 3.45. The molecule has 0 unspecified atom stereocenters. The monoisotopic (exact) mass is 346 g/mol. The summed E-state index contributed by atoms with van der Waals surface area (Å²) in [4.78, 5) is 14.4. The maximum atomic E-state index is 10.6. The van der Waals surface area contributed by atoms with Crippen molar-refractivity contribution in [2.75, 3.05) is 13.6 Å². The fourth-order valence-electron chi connectivity index (χ4n) is 2.12. The molecule has 0 fully saturated rings. The lowest BCUT2D eigenvalue weighted by molar-refractivity contribution is -0.384. The Morgan fingerprint density at radius 1 is 1.08 bits per heavy atom. The van der Waals surface area contributed by atoms with Crippen LogP contribution in [-0.4, -0.2) is 24.5 Å². The number of non-ortho nitro benzene ring substituents is 1. The molecule has 0 aliphatic carbocycles. The second kappa shape index (κ2) is 8.88. The zero-order valence-corrected chi connectivity index (χ0v) is 14.1. The van der Waals surface area contributed by atoms with E-state index < -0.39 is 4.92 Å². The van der Waals surface area contributed by atoms with Gasteiger partial charge in [-0.25, -0.2) is 0 Å². The molecule has 126 valence electrons. The number of nitro benzene ring substituents is 1. The lowest BCUT2D eigenvalue weighted by Crippen LogP contribution is -2.37. The summed E-state index contributed by atoms with van der Waals surface area (Å²) in [6.07, 6.45) is 0.857. The molecule has 2 N–H and O–H groups in total. The molecule has 0 aliphatic heterocycles. The highest BCUT2D eigenvalue weighted by Gasteiger charge is 2.04. The first-order valence-electron chi connectivity index (χ1n) is 7.51. The highest BCUT2D eigenvalue weighted by molar-refractivity contribution is 6.30. The number of rotatable bonds is 6. The Bertz CT molecular complexity index is 700. The predicted molar refractivity (Wildman–Crippen MR) is 96.5 cm³/mol. The first-order chi connectivity index (χ1) is 11.6. The molecule has 0 amide bonds. The van der Waals surface area contributed by atoms with Crippen LogP contribution in [0.2, 0.25) is 5.02 Å². The van der Waals surface area contributed by atoms with Gasteiger partial charge in [0.2, 0.25) is 0 Å². The summed E-state index contributed by atoms with van der Waals surface area (Å²) in [6.45, 7) is 1.28. The molecule has 2 aromatic rings. The molecule has 0 spiro atoms. The van der Waals surface area contributed by atoms with E-state index in [1.165, 1.54) is 17.7 Å². The van der Waals surface area contributed by atoms with Crippen molar-refractivity contribution in [1.82, 2.24) is 10.6 Å². The van der Waals surface area contributed by atoms with E-state index in [9.17, 15) is 10.1 Å². The van der Waals surface area contributed by atoms with Crippen LogP contribution in [0.3, 0.4) is 0 Å². The average Bonchev–Trinajstić information content (AvgIpc) is 2.60. The first kappa shape index (κ1) is 17.7. The minimum Gasteiger partial charge on any atom is -0.356 e. The summed E-state index contributed by atoms with van der Waals surface area (Å²) in [5.41, 5.74) is 2.23. The fourth-order valence-corrected chi connectivity index (χ4v) is 2.24. The van der Waals surface area contributed by atoms with Crippen molar-refractivity contribution in [3.8, 4) is 0 Å². The van der Waals surface area contributed by atoms with Crippen LogP contribution in [0, 0.1) is 10.1 Å². The van der Waals surface area contributed by atoms with Gasteiger partial charge in [-0.15, -0.1) is 0 Å². The lowest BCUT2D eigenvalue weighted by Gasteiger charge is -2.12. The summed E-state index contributed by atoms with van der Waals surface area (Å²) in [5.74, 6) is 0.683. The van der Waals surface area contributed by atoms with Gasteiger partial charge in [0.25, 0.3) is 5.69 Å². The van der Waals surface area contributed by atoms with Crippen molar-refractivity contribution in [3.63, 3.8) is 0 Å². The maximum Gasteiger partial charge on any atom is 0.269 e. The largest absolute Gasteiger partial charge is 0.356 e. The predicted octanol–water partition coefficient (Wildman–Crippen LogP) is 3.16. The second-order valence-corrected chi connectivity index (χ2v) is 5.59. The highest BCUT2D eigenvalue weighted by Crippen LogP contribution is 2.11. The van der Waals surface area contributed by atoms with Gasteiger partial charge < -0.3 is 10.6 Å². The highest BCUT2D eigenvalue weighted by atomic mass is 35.5. The van der Waals surface area contributed by atoms with E-state index in [4.69, 9.17) is 11.6 Å². The van der Waals surface area contributed by atoms with Crippen molar-refractivity contribution in [2.45, 2.75) is 13.0 Å². The molecule has 0 aromatic heterocycles. The number of benzene rings is 2. The van der Waals surface area contributed by atoms with Gasteiger partial charge in [-0.1, -0.05) is 35.9 Å². The van der Waals surface area contributed by atoms with Gasteiger partial charge in [0.05, 0.1) is 4.92 Å². The molecule has 0 saturated heterocycles. The van der Waals surface area contributed by atoms with Crippen LogP contribution < -0.4 is 10.6 Å². The third kappa shape index (κ3) is 5.55. The second-order valence-electron chi connectivity index (χ2n) is 5.15. The van der Waals surface area contributed by atoms with Crippen molar-refractivity contribution in [1.29, 1.82) is 0 Å². The number of hydrogen-bond acceptors (Lipinski definition) is 3. The van der Waals surface area contributed by atoms with Crippen LogP contribution in [0.1, 0.15) is 11.1 Å². The molecule has 0 heterocycles. The number of halogens is 1. The van der Waals surface area contributed by atoms with Crippen LogP contribution in [0.4, 0.5) is 5.69 Å². The van der Waals surface area contributed by atoms with Gasteiger partial charge in [-0.3, -0.25) is 15.1 Å². The third-order valence-corrected chi connectivity index (χ3v) is 3.70. The Hall–Kier alpha value is -2.60. The quantitative estimate of drug-likeness (QED) is 0.364. The summed E-state index contributed by atoms with van der Waals surface area (Å²) < 4.78 is 0. The summed E-state index contributed by atoms with van der Waals surface area (Å²) in [7, 11) is 1.70. The molecule has 2 rings (SSSR count). The molecule has 24 heavy (non-hydrogen) atoms. The Balaban J connectivity index is 1.77. The number of guanidine groups is 1. The Morgan fingerprint density at radius 2 is 1.71 bits per heavy atom. The normalized spacial score (nSPS) is 11.2. The minimum atomic E-state index is -0.408. The van der Waals surface area contributed by atoms with Gasteiger partial charge in [0.15, 0.2) is 5.96 Å². The Labute approximate surface area is 145 Å². The molecule has 0 radical (unpaired) electrons. The smallest absolute Gasteiger partial charge is 0.269 e. The van der Waals surface area contributed by atoms with Crippen molar-refractivity contribution < 1.29 is 4.92 Å². The molecule has 6 nitrogen and oxygen atoms in total. The van der Waals surface area contributed by atoms with Crippen LogP contribution in [0.15, 0.2) is 53.5 Å². The Kier molecular flexibility index (Phi) is 6.57. The van der Waals surface area contributed by atoms with Gasteiger partial charge in [0.1, 0.15) is 0 Å². The van der Waals surface area contributed by atoms with E-state index in [1.54, 1.807) is 19.2 Å². The molecule has 0 bridgehead atoms.